The normalized spacial score (nSPS) is 22.6. The van der Waals surface area contributed by atoms with Crippen LogP contribution >= 0.6 is 0 Å². The molecule has 3 heteroatoms. The quantitative estimate of drug-likeness (QED) is 0.799. The number of methoxy groups -OCH3 is 2. The van der Waals surface area contributed by atoms with E-state index in [0.29, 0.717) is 6.04 Å². The summed E-state index contributed by atoms with van der Waals surface area (Å²) in [5.74, 6) is 2.69. The lowest BCUT2D eigenvalue weighted by molar-refractivity contribution is 0.385. The molecule has 1 aromatic rings. The number of rotatable bonds is 6. The Labute approximate surface area is 129 Å². The Kier molecular flexibility index (Phi) is 6.37. The van der Waals surface area contributed by atoms with E-state index >= 15 is 0 Å². The lowest BCUT2D eigenvalue weighted by atomic mass is 9.98. The van der Waals surface area contributed by atoms with Gasteiger partial charge in [-0.05, 0) is 31.2 Å². The molecule has 1 saturated carbocycles. The second-order valence-corrected chi connectivity index (χ2v) is 6.04. The van der Waals surface area contributed by atoms with Crippen molar-refractivity contribution < 1.29 is 9.47 Å². The number of hydrogen-bond donors (Lipinski definition) is 1. The molecule has 1 N–H and O–H groups in total. The average Bonchev–Trinajstić information content (AvgIpc) is 2.77. The monoisotopic (exact) mass is 291 g/mol. The van der Waals surface area contributed by atoms with Gasteiger partial charge in [0, 0.05) is 24.2 Å². The fourth-order valence-electron chi connectivity index (χ4n) is 3.24. The third kappa shape index (κ3) is 4.63. The third-order valence-electron chi connectivity index (χ3n) is 4.74. The maximum atomic E-state index is 5.47. The summed E-state index contributed by atoms with van der Waals surface area (Å²) in [6.45, 7) is 3.19. The molecule has 0 bridgehead atoms. The largest absolute Gasteiger partial charge is 0.497 e. The van der Waals surface area contributed by atoms with Crippen LogP contribution in [0.25, 0.3) is 0 Å². The Balaban J connectivity index is 1.90. The minimum absolute atomic E-state index is 0.647. The van der Waals surface area contributed by atoms with E-state index in [1.807, 2.05) is 12.1 Å². The zero-order valence-electron chi connectivity index (χ0n) is 13.7. The summed E-state index contributed by atoms with van der Waals surface area (Å²) in [6.07, 6.45) is 8.06. The lowest BCUT2D eigenvalue weighted by Crippen LogP contribution is -2.28. The van der Waals surface area contributed by atoms with Gasteiger partial charge in [-0.3, -0.25) is 0 Å². The van der Waals surface area contributed by atoms with E-state index in [0.717, 1.165) is 24.0 Å². The summed E-state index contributed by atoms with van der Waals surface area (Å²) < 4.78 is 10.7. The molecule has 0 aromatic heterocycles. The zero-order chi connectivity index (χ0) is 15.1. The summed E-state index contributed by atoms with van der Waals surface area (Å²) in [4.78, 5) is 0. The molecule has 1 aromatic carbocycles. The van der Waals surface area contributed by atoms with Gasteiger partial charge in [0.1, 0.15) is 11.5 Å². The average molecular weight is 291 g/mol. The van der Waals surface area contributed by atoms with Gasteiger partial charge in [0.2, 0.25) is 0 Å². The molecule has 0 heterocycles. The highest BCUT2D eigenvalue weighted by atomic mass is 16.5. The third-order valence-corrected chi connectivity index (χ3v) is 4.74. The van der Waals surface area contributed by atoms with Crippen LogP contribution in [0.3, 0.4) is 0 Å². The summed E-state index contributed by atoms with van der Waals surface area (Å²) in [5, 5.41) is 3.71. The second-order valence-electron chi connectivity index (χ2n) is 6.04. The SMILES string of the molecule is CCC1CCCC(NCc2ccc(OC)cc2OC)CC1. The summed E-state index contributed by atoms with van der Waals surface area (Å²) in [6, 6.07) is 6.70. The highest BCUT2D eigenvalue weighted by Gasteiger charge is 2.17. The van der Waals surface area contributed by atoms with Crippen molar-refractivity contribution in [1.82, 2.24) is 5.32 Å². The Morgan fingerprint density at radius 1 is 1.10 bits per heavy atom. The topological polar surface area (TPSA) is 30.5 Å². The van der Waals surface area contributed by atoms with Crippen LogP contribution in [0.2, 0.25) is 0 Å². The van der Waals surface area contributed by atoms with Gasteiger partial charge in [-0.15, -0.1) is 0 Å². The standard InChI is InChI=1S/C18H29NO2/c1-4-14-6-5-7-16(10-8-14)19-13-15-9-11-17(20-2)12-18(15)21-3/h9,11-12,14,16,19H,4-8,10,13H2,1-3H3. The van der Waals surface area contributed by atoms with E-state index in [9.17, 15) is 0 Å². The van der Waals surface area contributed by atoms with Crippen LogP contribution < -0.4 is 14.8 Å². The first kappa shape index (κ1) is 16.2. The summed E-state index contributed by atoms with van der Waals surface area (Å²) in [5.41, 5.74) is 1.20. The van der Waals surface area contributed by atoms with Crippen molar-refractivity contribution in [2.45, 2.75) is 58.0 Å². The van der Waals surface area contributed by atoms with Crippen LogP contribution in [0.4, 0.5) is 0 Å². The van der Waals surface area contributed by atoms with E-state index in [1.54, 1.807) is 14.2 Å². The van der Waals surface area contributed by atoms with Crippen LogP contribution in [-0.2, 0) is 6.54 Å². The van der Waals surface area contributed by atoms with Gasteiger partial charge in [0.05, 0.1) is 14.2 Å². The predicted molar refractivity (Wildman–Crippen MR) is 87.0 cm³/mol. The molecule has 1 fully saturated rings. The predicted octanol–water partition coefficient (Wildman–Crippen LogP) is 4.15. The molecule has 0 aliphatic heterocycles. The smallest absolute Gasteiger partial charge is 0.127 e. The highest BCUT2D eigenvalue weighted by Crippen LogP contribution is 2.27. The zero-order valence-corrected chi connectivity index (χ0v) is 13.7. The van der Waals surface area contributed by atoms with E-state index in [-0.39, 0.29) is 0 Å². The molecule has 2 atom stereocenters. The van der Waals surface area contributed by atoms with E-state index in [2.05, 4.69) is 18.3 Å². The molecule has 0 saturated heterocycles. The van der Waals surface area contributed by atoms with E-state index < -0.39 is 0 Å². The van der Waals surface area contributed by atoms with Crippen molar-refractivity contribution in [3.05, 3.63) is 23.8 Å². The maximum Gasteiger partial charge on any atom is 0.127 e. The van der Waals surface area contributed by atoms with Gasteiger partial charge >= 0.3 is 0 Å². The van der Waals surface area contributed by atoms with Crippen molar-refractivity contribution in [3.63, 3.8) is 0 Å². The first-order valence-corrected chi connectivity index (χ1v) is 8.21. The Bertz CT molecular complexity index is 433. The molecule has 1 aliphatic rings. The van der Waals surface area contributed by atoms with Crippen LogP contribution in [0.15, 0.2) is 18.2 Å². The molecule has 2 unspecified atom stereocenters. The molecule has 21 heavy (non-hydrogen) atoms. The first-order valence-electron chi connectivity index (χ1n) is 8.21. The molecule has 1 aliphatic carbocycles. The molecule has 0 spiro atoms. The summed E-state index contributed by atoms with van der Waals surface area (Å²) in [7, 11) is 3.40. The molecule has 0 radical (unpaired) electrons. The molecular formula is C18H29NO2. The highest BCUT2D eigenvalue weighted by molar-refractivity contribution is 5.40. The number of hydrogen-bond acceptors (Lipinski definition) is 3. The molecular weight excluding hydrogens is 262 g/mol. The molecule has 3 nitrogen and oxygen atoms in total. The second kappa shape index (κ2) is 8.28. The molecule has 118 valence electrons. The van der Waals surface area contributed by atoms with Crippen LogP contribution in [0, 0.1) is 5.92 Å². The van der Waals surface area contributed by atoms with Gasteiger partial charge in [-0.25, -0.2) is 0 Å². The van der Waals surface area contributed by atoms with Crippen LogP contribution in [0.5, 0.6) is 11.5 Å². The summed E-state index contributed by atoms with van der Waals surface area (Å²) >= 11 is 0. The minimum atomic E-state index is 0.647. The lowest BCUT2D eigenvalue weighted by Gasteiger charge is -2.18. The van der Waals surface area contributed by atoms with Gasteiger partial charge in [0.15, 0.2) is 0 Å². The van der Waals surface area contributed by atoms with Crippen molar-refractivity contribution in [2.24, 2.45) is 5.92 Å². The minimum Gasteiger partial charge on any atom is -0.497 e. The Morgan fingerprint density at radius 2 is 1.95 bits per heavy atom. The van der Waals surface area contributed by atoms with Crippen LogP contribution in [-0.4, -0.2) is 20.3 Å². The Hall–Kier alpha value is -1.22. The fraction of sp³-hybridized carbons (Fsp3) is 0.667. The number of nitrogens with one attached hydrogen (secondary N) is 1. The van der Waals surface area contributed by atoms with Crippen molar-refractivity contribution in [3.8, 4) is 11.5 Å². The van der Waals surface area contributed by atoms with Crippen LogP contribution in [0.1, 0.15) is 51.0 Å². The van der Waals surface area contributed by atoms with Gasteiger partial charge in [-0.2, -0.15) is 0 Å². The molecule has 2 rings (SSSR count). The van der Waals surface area contributed by atoms with Gasteiger partial charge < -0.3 is 14.8 Å². The van der Waals surface area contributed by atoms with E-state index in [1.165, 1.54) is 44.1 Å². The number of ether oxygens (including phenoxy) is 2. The van der Waals surface area contributed by atoms with Gasteiger partial charge in [-0.1, -0.05) is 32.3 Å². The van der Waals surface area contributed by atoms with E-state index in [4.69, 9.17) is 9.47 Å². The maximum absolute atomic E-state index is 5.47. The van der Waals surface area contributed by atoms with Gasteiger partial charge in [0.25, 0.3) is 0 Å². The first-order chi connectivity index (χ1) is 10.3. The molecule has 0 amide bonds. The Morgan fingerprint density at radius 3 is 2.67 bits per heavy atom. The van der Waals surface area contributed by atoms with Crippen molar-refractivity contribution >= 4 is 0 Å². The van der Waals surface area contributed by atoms with Crippen molar-refractivity contribution in [1.29, 1.82) is 0 Å². The number of benzene rings is 1. The fourth-order valence-corrected chi connectivity index (χ4v) is 3.24. The van der Waals surface area contributed by atoms with Crippen molar-refractivity contribution in [2.75, 3.05) is 14.2 Å².